The predicted molar refractivity (Wildman–Crippen MR) is 125 cm³/mol. The van der Waals surface area contributed by atoms with Crippen LogP contribution in [0, 0.1) is 6.92 Å². The molecule has 2 amide bonds. The van der Waals surface area contributed by atoms with Crippen molar-refractivity contribution in [2.24, 2.45) is 0 Å². The molecular weight excluding hydrogens is 505 g/mol. The van der Waals surface area contributed by atoms with Crippen LogP contribution in [0.5, 0.6) is 0 Å². The van der Waals surface area contributed by atoms with Crippen molar-refractivity contribution >= 4 is 36.0 Å². The summed E-state index contributed by atoms with van der Waals surface area (Å²) in [5, 5.41) is 11.8. The van der Waals surface area contributed by atoms with E-state index in [1.165, 1.54) is 28.8 Å². The van der Waals surface area contributed by atoms with Crippen molar-refractivity contribution in [1.29, 1.82) is 0 Å². The van der Waals surface area contributed by atoms with Gasteiger partial charge in [0.2, 0.25) is 0 Å². The Morgan fingerprint density at radius 2 is 1.79 bits per heavy atom. The molecule has 1 heterocycles. The molecule has 3 N–H and O–H groups in total. The molecule has 0 radical (unpaired) electrons. The van der Waals surface area contributed by atoms with Crippen LogP contribution in [0.2, 0.25) is 0 Å². The van der Waals surface area contributed by atoms with Gasteiger partial charge in [0.25, 0.3) is 0 Å². The van der Waals surface area contributed by atoms with Gasteiger partial charge in [-0.15, -0.1) is 0 Å². The van der Waals surface area contributed by atoms with Crippen LogP contribution in [0.1, 0.15) is 24.6 Å². The molecule has 3 aromatic rings. The number of rotatable bonds is 9. The second-order valence-electron chi connectivity index (χ2n) is 7.41. The molecule has 1 atom stereocenters. The summed E-state index contributed by atoms with van der Waals surface area (Å²) >= 11 is -5.06. The van der Waals surface area contributed by atoms with E-state index in [0.717, 1.165) is 12.5 Å². The van der Waals surface area contributed by atoms with E-state index in [-0.39, 0.29) is 22.4 Å². The Labute approximate surface area is 198 Å². The summed E-state index contributed by atoms with van der Waals surface area (Å²) in [6.45, 7) is 2.83. The van der Waals surface area contributed by atoms with Crippen molar-refractivity contribution in [2.45, 2.75) is 26.7 Å². The monoisotopic (exact) mass is 529 g/mol. The van der Waals surface area contributed by atoms with E-state index >= 15 is 0 Å². The van der Waals surface area contributed by atoms with Gasteiger partial charge in [-0.3, -0.25) is 0 Å². The molecule has 1 aromatic heterocycles. The van der Waals surface area contributed by atoms with Crippen LogP contribution in [0.3, 0.4) is 0 Å². The third-order valence-electron chi connectivity index (χ3n) is 4.86. The molecule has 0 aliphatic heterocycles. The minimum absolute atomic E-state index is 0.0459. The second-order valence-corrected chi connectivity index (χ2v) is 11.3. The van der Waals surface area contributed by atoms with Crippen LogP contribution in [-0.4, -0.2) is 35.8 Å². The summed E-state index contributed by atoms with van der Waals surface area (Å²) in [7, 11) is 0. The number of benzene rings is 2. The Hall–Kier alpha value is -3.43. The number of aromatic nitrogens is 1. The van der Waals surface area contributed by atoms with Gasteiger partial charge in [-0.1, -0.05) is 18.2 Å². The molecule has 11 heteroatoms. The standard InChI is InChI=1S/C23H24AsN3O7/c1-16-11-13-21(25-22(29)14-12-18-7-4-3-5-8-18)23(30)27(16)20-10-6-9-19(15-20)24(31,34-32)33-26-17(2)28/h3-11,13,15,32H,12,14H2,1-2H3,(H,25,29)(H,26,28). The fourth-order valence-electron chi connectivity index (χ4n) is 3.20. The predicted octanol–water partition coefficient (Wildman–Crippen LogP) is 1.85. The molecule has 0 spiro atoms. The number of hydroxylamine groups is 1. The van der Waals surface area contributed by atoms with Crippen LogP contribution in [0.25, 0.3) is 5.69 Å². The van der Waals surface area contributed by atoms with E-state index in [4.69, 9.17) is 9.08 Å². The van der Waals surface area contributed by atoms with Gasteiger partial charge in [0, 0.05) is 0 Å². The Kier molecular flexibility index (Phi) is 8.25. The van der Waals surface area contributed by atoms with Crippen molar-refractivity contribution in [1.82, 2.24) is 10.0 Å². The van der Waals surface area contributed by atoms with E-state index in [1.54, 1.807) is 19.1 Å². The average Bonchev–Trinajstić information content (AvgIpc) is 2.84. The third kappa shape index (κ3) is 6.12. The van der Waals surface area contributed by atoms with Gasteiger partial charge in [0.15, 0.2) is 0 Å². The normalized spacial score (nSPS) is 12.6. The molecule has 0 aliphatic rings. The van der Waals surface area contributed by atoms with E-state index in [2.05, 4.69) is 9.19 Å². The third-order valence-corrected chi connectivity index (χ3v) is 7.91. The number of hydrogen-bond donors (Lipinski definition) is 3. The van der Waals surface area contributed by atoms with Crippen molar-refractivity contribution < 1.29 is 26.3 Å². The zero-order valence-corrected chi connectivity index (χ0v) is 20.4. The molecule has 34 heavy (non-hydrogen) atoms. The van der Waals surface area contributed by atoms with Gasteiger partial charge in [-0.25, -0.2) is 0 Å². The van der Waals surface area contributed by atoms with Gasteiger partial charge in [0.1, 0.15) is 0 Å². The Balaban J connectivity index is 1.86. The van der Waals surface area contributed by atoms with Gasteiger partial charge < -0.3 is 0 Å². The van der Waals surface area contributed by atoms with Gasteiger partial charge in [0.05, 0.1) is 0 Å². The number of amides is 2. The first-order chi connectivity index (χ1) is 16.2. The molecule has 178 valence electrons. The van der Waals surface area contributed by atoms with Crippen LogP contribution < -0.4 is 20.7 Å². The first kappa shape index (κ1) is 25.2. The zero-order chi connectivity index (χ0) is 24.7. The minimum atomic E-state index is -5.06. The van der Waals surface area contributed by atoms with Crippen LogP contribution in [0.15, 0.2) is 71.5 Å². The first-order valence-corrected chi connectivity index (χ1v) is 13.5. The molecule has 0 fully saturated rings. The van der Waals surface area contributed by atoms with Crippen molar-refractivity contribution in [3.8, 4) is 5.69 Å². The van der Waals surface area contributed by atoms with Crippen LogP contribution >= 0.6 is 0 Å². The molecular formula is C23H24AsN3O7. The van der Waals surface area contributed by atoms with E-state index in [9.17, 15) is 18.1 Å². The molecule has 0 bridgehead atoms. The summed E-state index contributed by atoms with van der Waals surface area (Å²) in [6, 6.07) is 18.5. The van der Waals surface area contributed by atoms with Gasteiger partial charge in [-0.05, 0) is 0 Å². The Morgan fingerprint density at radius 3 is 2.47 bits per heavy atom. The number of carbonyl (C=O) groups excluding carboxylic acids is 2. The number of nitrogens with one attached hydrogen (secondary N) is 2. The number of pyridine rings is 1. The SMILES string of the molecule is CC(=O)NO[As](=O)(OO)c1cccc(-n2c(C)ccc(NC(=O)CCc3ccccc3)c2=O)c1. The molecule has 1 unspecified atom stereocenters. The molecule has 0 aliphatic carbocycles. The Morgan fingerprint density at radius 1 is 1.06 bits per heavy atom. The molecule has 2 aromatic carbocycles. The first-order valence-electron chi connectivity index (χ1n) is 10.3. The number of carbonyl (C=O) groups is 2. The summed E-state index contributed by atoms with van der Waals surface area (Å²) in [5.41, 5.74) is 3.32. The molecule has 0 saturated carbocycles. The summed E-state index contributed by atoms with van der Waals surface area (Å²) in [4.78, 5) is 36.7. The molecule has 10 nitrogen and oxygen atoms in total. The number of aryl methyl sites for hydroxylation is 2. The van der Waals surface area contributed by atoms with Crippen LogP contribution in [0.4, 0.5) is 5.69 Å². The van der Waals surface area contributed by atoms with Crippen molar-refractivity contribution in [3.63, 3.8) is 0 Å². The fourth-order valence-corrected chi connectivity index (χ4v) is 5.39. The maximum absolute atomic E-state index is 13.2. The maximum atomic E-state index is 13.2. The average molecular weight is 529 g/mol. The fraction of sp³-hybridized carbons (Fsp3) is 0.174. The topological polar surface area (TPSA) is 136 Å². The summed E-state index contributed by atoms with van der Waals surface area (Å²) in [6.07, 6.45) is 0.730. The van der Waals surface area contributed by atoms with E-state index < -0.39 is 25.6 Å². The molecule has 3 rings (SSSR count). The molecule has 0 saturated heterocycles. The van der Waals surface area contributed by atoms with Gasteiger partial charge >= 0.3 is 180 Å². The quantitative estimate of drug-likeness (QED) is 0.219. The second kappa shape index (κ2) is 11.1. The number of nitrogens with zero attached hydrogens (tertiary/aromatic N) is 1. The van der Waals surface area contributed by atoms with E-state index in [0.29, 0.717) is 17.8 Å². The summed E-state index contributed by atoms with van der Waals surface area (Å²) < 4.78 is 23.0. The van der Waals surface area contributed by atoms with Crippen molar-refractivity contribution in [3.05, 3.63) is 88.3 Å². The van der Waals surface area contributed by atoms with Crippen molar-refractivity contribution in [2.75, 3.05) is 5.32 Å². The number of hydrogen-bond acceptors (Lipinski definition) is 7. The zero-order valence-electron chi connectivity index (χ0n) is 18.6. The van der Waals surface area contributed by atoms with E-state index in [1.807, 2.05) is 35.8 Å². The number of anilines is 1. The van der Waals surface area contributed by atoms with Crippen LogP contribution in [-0.2, 0) is 27.5 Å². The van der Waals surface area contributed by atoms with Gasteiger partial charge in [-0.2, -0.15) is 0 Å². The summed E-state index contributed by atoms with van der Waals surface area (Å²) in [5.74, 6) is -0.951. The Bertz CT molecular complexity index is 1290.